The van der Waals surface area contributed by atoms with Crippen LogP contribution in [-0.4, -0.2) is 26.1 Å². The molecule has 0 fully saturated rings. The molecule has 0 spiro atoms. The molecule has 0 aliphatic carbocycles. The van der Waals surface area contributed by atoms with E-state index in [0.29, 0.717) is 11.3 Å². The average molecular weight is 372 g/mol. The number of benzene rings is 2. The zero-order chi connectivity index (χ0) is 16.2. The average Bonchev–Trinajstić information content (AvgIpc) is 3.09. The van der Waals surface area contributed by atoms with E-state index >= 15 is 0 Å². The number of carbonyl (C=O) groups is 1. The lowest BCUT2D eigenvalue weighted by Gasteiger charge is -2.17. The van der Waals surface area contributed by atoms with Crippen LogP contribution >= 0.6 is 15.9 Å². The van der Waals surface area contributed by atoms with Crippen molar-refractivity contribution in [1.82, 2.24) is 25.5 Å². The number of amides is 1. The summed E-state index contributed by atoms with van der Waals surface area (Å²) in [7, 11) is 0. The van der Waals surface area contributed by atoms with E-state index in [1.54, 1.807) is 12.1 Å². The fraction of sp³-hybridized carbons (Fsp3) is 0.125. The molecule has 0 aliphatic heterocycles. The molecule has 1 N–H and O–H groups in total. The van der Waals surface area contributed by atoms with Gasteiger partial charge >= 0.3 is 0 Å². The lowest BCUT2D eigenvalue weighted by Crippen LogP contribution is -2.28. The van der Waals surface area contributed by atoms with Crippen molar-refractivity contribution in [3.63, 3.8) is 0 Å². The van der Waals surface area contributed by atoms with Gasteiger partial charge in [-0.3, -0.25) is 4.79 Å². The molecule has 3 rings (SSSR count). The number of hydrogen-bond donors (Lipinski definition) is 1. The van der Waals surface area contributed by atoms with Gasteiger partial charge in [0.05, 0.1) is 17.3 Å². The minimum absolute atomic E-state index is 0.139. The molecule has 1 aromatic heterocycles. The van der Waals surface area contributed by atoms with E-state index in [1.165, 1.54) is 11.0 Å². The molecule has 116 valence electrons. The summed E-state index contributed by atoms with van der Waals surface area (Å²) in [6, 6.07) is 14.9. The Bertz CT molecular complexity index is 819. The van der Waals surface area contributed by atoms with E-state index < -0.39 is 0 Å². The number of halogens is 1. The zero-order valence-corrected chi connectivity index (χ0v) is 13.9. The second kappa shape index (κ2) is 6.70. The Morgan fingerprint density at radius 2 is 1.91 bits per heavy atom. The smallest absolute Gasteiger partial charge is 0.253 e. The highest BCUT2D eigenvalue weighted by molar-refractivity contribution is 9.10. The summed E-state index contributed by atoms with van der Waals surface area (Å²) in [5, 5.41) is 14.1. The van der Waals surface area contributed by atoms with Crippen LogP contribution in [0.15, 0.2) is 59.3 Å². The Morgan fingerprint density at radius 1 is 1.17 bits per heavy atom. The Kier molecular flexibility index (Phi) is 4.47. The van der Waals surface area contributed by atoms with Crippen LogP contribution in [0.2, 0.25) is 0 Å². The maximum absolute atomic E-state index is 12.6. The number of tetrazole rings is 1. The van der Waals surface area contributed by atoms with Crippen LogP contribution in [0.5, 0.6) is 0 Å². The Balaban J connectivity index is 1.86. The molecule has 0 radical (unpaired) electrons. The van der Waals surface area contributed by atoms with E-state index in [1.807, 2.05) is 43.3 Å². The maximum Gasteiger partial charge on any atom is 0.253 e. The quantitative estimate of drug-likeness (QED) is 0.765. The number of carbonyl (C=O) groups excluding carboxylic acids is 1. The monoisotopic (exact) mass is 371 g/mol. The molecule has 23 heavy (non-hydrogen) atoms. The van der Waals surface area contributed by atoms with Gasteiger partial charge in [-0.05, 0) is 41.1 Å². The number of hydrogen-bond acceptors (Lipinski definition) is 4. The molecule has 0 saturated carbocycles. The van der Waals surface area contributed by atoms with Crippen LogP contribution in [0.1, 0.15) is 28.9 Å². The van der Waals surface area contributed by atoms with Gasteiger partial charge in [0.25, 0.3) is 5.91 Å². The van der Waals surface area contributed by atoms with Crippen LogP contribution in [-0.2, 0) is 0 Å². The van der Waals surface area contributed by atoms with Crippen molar-refractivity contribution in [3.05, 3.63) is 70.5 Å². The predicted molar refractivity (Wildman–Crippen MR) is 89.2 cm³/mol. The van der Waals surface area contributed by atoms with Gasteiger partial charge in [0, 0.05) is 4.47 Å². The SMILES string of the molecule is C[C@H](NC(=O)c1ccccc1-n1cnnn1)c1ccccc1Br. The van der Waals surface area contributed by atoms with E-state index in [9.17, 15) is 4.79 Å². The number of nitrogens with one attached hydrogen (secondary N) is 1. The van der Waals surface area contributed by atoms with Crippen molar-refractivity contribution in [3.8, 4) is 5.69 Å². The summed E-state index contributed by atoms with van der Waals surface area (Å²) in [5.41, 5.74) is 2.16. The molecular formula is C16H14BrN5O. The molecule has 0 saturated heterocycles. The Hall–Kier alpha value is -2.54. The topological polar surface area (TPSA) is 72.7 Å². The zero-order valence-electron chi connectivity index (χ0n) is 12.3. The highest BCUT2D eigenvalue weighted by atomic mass is 79.9. The van der Waals surface area contributed by atoms with E-state index in [2.05, 4.69) is 36.8 Å². The minimum atomic E-state index is -0.181. The van der Waals surface area contributed by atoms with Crippen molar-refractivity contribution in [1.29, 1.82) is 0 Å². The first-order valence-electron chi connectivity index (χ1n) is 7.04. The summed E-state index contributed by atoms with van der Waals surface area (Å²) in [6.45, 7) is 1.94. The van der Waals surface area contributed by atoms with Crippen LogP contribution in [0.4, 0.5) is 0 Å². The van der Waals surface area contributed by atoms with Gasteiger partial charge in [0.1, 0.15) is 6.33 Å². The lowest BCUT2D eigenvalue weighted by molar-refractivity contribution is 0.0939. The molecule has 2 aromatic carbocycles. The summed E-state index contributed by atoms with van der Waals surface area (Å²) in [6.07, 6.45) is 1.46. The predicted octanol–water partition coefficient (Wildman–Crippen LogP) is 2.92. The molecule has 0 aliphatic rings. The maximum atomic E-state index is 12.6. The molecule has 6 nitrogen and oxygen atoms in total. The molecule has 0 bridgehead atoms. The molecule has 0 unspecified atom stereocenters. The first kappa shape index (κ1) is 15.4. The number of aromatic nitrogens is 4. The number of nitrogens with zero attached hydrogens (tertiary/aromatic N) is 4. The minimum Gasteiger partial charge on any atom is -0.345 e. The van der Waals surface area contributed by atoms with Crippen molar-refractivity contribution < 1.29 is 4.79 Å². The molecule has 7 heteroatoms. The first-order chi connectivity index (χ1) is 11.2. The molecular weight excluding hydrogens is 358 g/mol. The number of para-hydroxylation sites is 1. The van der Waals surface area contributed by atoms with E-state index in [0.717, 1.165) is 10.0 Å². The van der Waals surface area contributed by atoms with Gasteiger partial charge in [0.15, 0.2) is 0 Å². The third-order valence-electron chi connectivity index (χ3n) is 3.46. The van der Waals surface area contributed by atoms with E-state index in [4.69, 9.17) is 0 Å². The van der Waals surface area contributed by atoms with Crippen LogP contribution in [0.3, 0.4) is 0 Å². The summed E-state index contributed by atoms with van der Waals surface area (Å²) in [5.74, 6) is -0.181. The molecule has 3 aromatic rings. The van der Waals surface area contributed by atoms with Crippen LogP contribution < -0.4 is 5.32 Å². The molecule has 1 atom stereocenters. The summed E-state index contributed by atoms with van der Waals surface area (Å²) in [4.78, 5) is 12.6. The number of rotatable bonds is 4. The van der Waals surface area contributed by atoms with Crippen molar-refractivity contribution in [2.45, 2.75) is 13.0 Å². The Labute approximate surface area is 141 Å². The first-order valence-corrected chi connectivity index (χ1v) is 7.84. The third kappa shape index (κ3) is 3.29. The third-order valence-corrected chi connectivity index (χ3v) is 4.19. The standard InChI is InChI=1S/C16H14BrN5O/c1-11(12-6-2-4-8-14(12)17)19-16(23)13-7-3-5-9-15(13)22-10-18-20-21-22/h2-11H,1H3,(H,19,23)/t11-/m0/s1. The lowest BCUT2D eigenvalue weighted by atomic mass is 10.1. The highest BCUT2D eigenvalue weighted by Gasteiger charge is 2.17. The van der Waals surface area contributed by atoms with Crippen molar-refractivity contribution in [2.75, 3.05) is 0 Å². The Morgan fingerprint density at radius 3 is 2.65 bits per heavy atom. The van der Waals surface area contributed by atoms with Crippen molar-refractivity contribution in [2.24, 2.45) is 0 Å². The fourth-order valence-corrected chi connectivity index (χ4v) is 2.94. The highest BCUT2D eigenvalue weighted by Crippen LogP contribution is 2.23. The van der Waals surface area contributed by atoms with Crippen LogP contribution in [0, 0.1) is 0 Å². The molecule has 1 amide bonds. The summed E-state index contributed by atoms with van der Waals surface area (Å²) < 4.78 is 2.43. The van der Waals surface area contributed by atoms with Gasteiger partial charge in [-0.15, -0.1) is 5.10 Å². The van der Waals surface area contributed by atoms with Gasteiger partial charge in [0.2, 0.25) is 0 Å². The van der Waals surface area contributed by atoms with Gasteiger partial charge in [-0.25, -0.2) is 0 Å². The largest absolute Gasteiger partial charge is 0.345 e. The van der Waals surface area contributed by atoms with Crippen LogP contribution in [0.25, 0.3) is 5.69 Å². The second-order valence-electron chi connectivity index (χ2n) is 4.99. The summed E-state index contributed by atoms with van der Waals surface area (Å²) >= 11 is 3.51. The normalized spacial score (nSPS) is 11.9. The van der Waals surface area contributed by atoms with Gasteiger partial charge < -0.3 is 5.32 Å². The fourth-order valence-electron chi connectivity index (χ4n) is 2.32. The van der Waals surface area contributed by atoms with Gasteiger partial charge in [-0.1, -0.05) is 46.3 Å². The van der Waals surface area contributed by atoms with Crippen molar-refractivity contribution >= 4 is 21.8 Å². The van der Waals surface area contributed by atoms with Gasteiger partial charge in [-0.2, -0.15) is 4.68 Å². The van der Waals surface area contributed by atoms with E-state index in [-0.39, 0.29) is 11.9 Å². The second-order valence-corrected chi connectivity index (χ2v) is 5.84. The molecule has 1 heterocycles.